The van der Waals surface area contributed by atoms with Crippen molar-refractivity contribution in [3.63, 3.8) is 0 Å². The van der Waals surface area contributed by atoms with E-state index < -0.39 is 5.60 Å². The van der Waals surface area contributed by atoms with Crippen molar-refractivity contribution in [3.05, 3.63) is 40.1 Å². The highest BCUT2D eigenvalue weighted by molar-refractivity contribution is 5.77. The second-order valence-corrected chi connectivity index (χ2v) is 5.44. The highest BCUT2D eigenvalue weighted by atomic mass is 16.6. The van der Waals surface area contributed by atoms with E-state index in [1.165, 1.54) is 0 Å². The maximum absolute atomic E-state index is 12.5. The molecule has 0 saturated heterocycles. The van der Waals surface area contributed by atoms with Crippen LogP contribution in [0.15, 0.2) is 33.5 Å². The highest BCUT2D eigenvalue weighted by Gasteiger charge is 2.38. The minimum atomic E-state index is -0.690. The predicted molar refractivity (Wildman–Crippen MR) is 71.6 cm³/mol. The van der Waals surface area contributed by atoms with Crippen molar-refractivity contribution in [1.82, 2.24) is 0 Å². The number of rotatable bonds is 1. The first-order chi connectivity index (χ1) is 9.04. The van der Waals surface area contributed by atoms with Crippen molar-refractivity contribution in [3.8, 4) is 5.95 Å². The molecule has 0 spiro atoms. The summed E-state index contributed by atoms with van der Waals surface area (Å²) in [6, 6.07) is 7.14. The van der Waals surface area contributed by atoms with E-state index in [1.807, 2.05) is 26.0 Å². The van der Waals surface area contributed by atoms with Crippen molar-refractivity contribution in [2.24, 2.45) is 0 Å². The molecule has 2 heterocycles. The third-order valence-electron chi connectivity index (χ3n) is 3.70. The molecule has 4 heteroatoms. The lowest BCUT2D eigenvalue weighted by Crippen LogP contribution is -2.42. The zero-order chi connectivity index (χ0) is 13.6. The summed E-state index contributed by atoms with van der Waals surface area (Å²) in [5.41, 5.74) is 0.361. The van der Waals surface area contributed by atoms with E-state index in [4.69, 9.17) is 9.15 Å². The summed E-state index contributed by atoms with van der Waals surface area (Å²) in [6.45, 7) is 3.68. The Kier molecular flexibility index (Phi) is 2.64. The van der Waals surface area contributed by atoms with Crippen molar-refractivity contribution >= 4 is 11.0 Å². The SMILES string of the molecule is C[C@@H]1C[C@@](C)(CO)Oc2oc3ccccc3c(=O)c21. The minimum Gasteiger partial charge on any atom is -0.456 e. The van der Waals surface area contributed by atoms with Gasteiger partial charge < -0.3 is 14.3 Å². The highest BCUT2D eigenvalue weighted by Crippen LogP contribution is 2.40. The Labute approximate surface area is 110 Å². The Hall–Kier alpha value is -1.81. The number of benzene rings is 1. The van der Waals surface area contributed by atoms with Crippen molar-refractivity contribution in [2.45, 2.75) is 31.8 Å². The van der Waals surface area contributed by atoms with Crippen molar-refractivity contribution in [1.29, 1.82) is 0 Å². The molecule has 0 unspecified atom stereocenters. The van der Waals surface area contributed by atoms with E-state index in [0.717, 1.165) is 0 Å². The molecule has 0 fully saturated rings. The number of hydrogen-bond donors (Lipinski definition) is 1. The number of ether oxygens (including phenoxy) is 1. The molecular weight excluding hydrogens is 244 g/mol. The molecule has 4 nitrogen and oxygen atoms in total. The third kappa shape index (κ3) is 1.83. The lowest BCUT2D eigenvalue weighted by molar-refractivity contribution is -0.0178. The first-order valence-corrected chi connectivity index (χ1v) is 6.40. The van der Waals surface area contributed by atoms with Crippen LogP contribution in [0.5, 0.6) is 5.95 Å². The van der Waals surface area contributed by atoms with Crippen LogP contribution in [-0.2, 0) is 0 Å². The molecular formula is C15H16O4. The molecule has 100 valence electrons. The van der Waals surface area contributed by atoms with E-state index in [2.05, 4.69) is 0 Å². The van der Waals surface area contributed by atoms with Gasteiger partial charge in [-0.05, 0) is 31.4 Å². The Morgan fingerprint density at radius 3 is 2.89 bits per heavy atom. The fourth-order valence-corrected chi connectivity index (χ4v) is 2.75. The zero-order valence-electron chi connectivity index (χ0n) is 11.0. The zero-order valence-corrected chi connectivity index (χ0v) is 11.0. The number of hydrogen-bond acceptors (Lipinski definition) is 4. The van der Waals surface area contributed by atoms with Gasteiger partial charge in [0.1, 0.15) is 11.2 Å². The number of fused-ring (bicyclic) bond motifs is 2. The first-order valence-electron chi connectivity index (χ1n) is 6.40. The Bertz CT molecular complexity index is 688. The van der Waals surface area contributed by atoms with Gasteiger partial charge in [-0.2, -0.15) is 0 Å². The Morgan fingerprint density at radius 1 is 1.42 bits per heavy atom. The summed E-state index contributed by atoms with van der Waals surface area (Å²) in [4.78, 5) is 12.5. The van der Waals surface area contributed by atoms with Gasteiger partial charge in [0.25, 0.3) is 5.95 Å². The molecule has 2 aromatic rings. The van der Waals surface area contributed by atoms with Crippen molar-refractivity contribution in [2.75, 3.05) is 6.61 Å². The monoisotopic (exact) mass is 260 g/mol. The summed E-state index contributed by atoms with van der Waals surface area (Å²) >= 11 is 0. The summed E-state index contributed by atoms with van der Waals surface area (Å²) in [5.74, 6) is 0.251. The molecule has 2 atom stereocenters. The van der Waals surface area contributed by atoms with Crippen LogP contribution in [0.3, 0.4) is 0 Å². The van der Waals surface area contributed by atoms with E-state index in [9.17, 15) is 9.90 Å². The minimum absolute atomic E-state index is 0.00163. The molecule has 3 rings (SSSR count). The molecule has 1 aliphatic rings. The smallest absolute Gasteiger partial charge is 0.293 e. The molecule has 1 aliphatic heterocycles. The van der Waals surface area contributed by atoms with Gasteiger partial charge in [-0.1, -0.05) is 19.1 Å². The summed E-state index contributed by atoms with van der Waals surface area (Å²) in [6.07, 6.45) is 0.597. The van der Waals surface area contributed by atoms with E-state index in [0.29, 0.717) is 23.0 Å². The first kappa shape index (κ1) is 12.2. The van der Waals surface area contributed by atoms with Gasteiger partial charge >= 0.3 is 0 Å². The summed E-state index contributed by atoms with van der Waals surface area (Å²) in [5, 5.41) is 10.0. The maximum Gasteiger partial charge on any atom is 0.293 e. The van der Waals surface area contributed by atoms with Crippen LogP contribution in [0, 0.1) is 0 Å². The third-order valence-corrected chi connectivity index (χ3v) is 3.70. The fraction of sp³-hybridized carbons (Fsp3) is 0.400. The molecule has 19 heavy (non-hydrogen) atoms. The second-order valence-electron chi connectivity index (χ2n) is 5.44. The quantitative estimate of drug-likeness (QED) is 0.855. The van der Waals surface area contributed by atoms with Gasteiger partial charge in [-0.3, -0.25) is 4.79 Å². The standard InChI is InChI=1S/C15H16O4/c1-9-7-15(2,8-16)19-14-12(9)13(17)10-5-3-4-6-11(10)18-14/h3-6,9,16H,7-8H2,1-2H3/t9-,15+/m1/s1. The van der Waals surface area contributed by atoms with Crippen LogP contribution in [0.1, 0.15) is 31.7 Å². The number of aliphatic hydroxyl groups excluding tert-OH is 1. The van der Waals surface area contributed by atoms with Gasteiger partial charge in [0.05, 0.1) is 17.6 Å². The largest absolute Gasteiger partial charge is 0.456 e. The molecule has 1 N–H and O–H groups in total. The van der Waals surface area contributed by atoms with Gasteiger partial charge in [-0.15, -0.1) is 0 Å². The lowest BCUT2D eigenvalue weighted by Gasteiger charge is -2.35. The van der Waals surface area contributed by atoms with Gasteiger partial charge in [-0.25, -0.2) is 0 Å². The molecule has 1 aromatic carbocycles. The topological polar surface area (TPSA) is 59.7 Å². The fourth-order valence-electron chi connectivity index (χ4n) is 2.75. The molecule has 0 aliphatic carbocycles. The molecule has 0 amide bonds. The molecule has 1 aromatic heterocycles. The van der Waals surface area contributed by atoms with Crippen LogP contribution in [0.4, 0.5) is 0 Å². The molecule has 0 radical (unpaired) electrons. The number of para-hydroxylation sites is 1. The maximum atomic E-state index is 12.5. The molecule has 0 bridgehead atoms. The summed E-state index contributed by atoms with van der Waals surface area (Å²) < 4.78 is 11.4. The van der Waals surface area contributed by atoms with Gasteiger partial charge in [0.15, 0.2) is 5.43 Å². The van der Waals surface area contributed by atoms with Crippen LogP contribution < -0.4 is 10.2 Å². The van der Waals surface area contributed by atoms with E-state index in [-0.39, 0.29) is 23.9 Å². The Balaban J connectivity index is 2.28. The number of aliphatic hydroxyl groups is 1. The van der Waals surface area contributed by atoms with Crippen LogP contribution in [0.25, 0.3) is 11.0 Å². The van der Waals surface area contributed by atoms with Gasteiger partial charge in [0, 0.05) is 0 Å². The van der Waals surface area contributed by atoms with Crippen LogP contribution in [0.2, 0.25) is 0 Å². The summed E-state index contributed by atoms with van der Waals surface area (Å²) in [7, 11) is 0. The normalized spacial score (nSPS) is 25.9. The predicted octanol–water partition coefficient (Wildman–Crippen LogP) is 2.43. The average Bonchev–Trinajstić information content (AvgIpc) is 2.38. The second kappa shape index (κ2) is 4.10. The van der Waals surface area contributed by atoms with Crippen LogP contribution in [-0.4, -0.2) is 17.3 Å². The van der Waals surface area contributed by atoms with E-state index >= 15 is 0 Å². The lowest BCUT2D eigenvalue weighted by atomic mass is 9.86. The van der Waals surface area contributed by atoms with E-state index in [1.54, 1.807) is 12.1 Å². The van der Waals surface area contributed by atoms with Crippen molar-refractivity contribution < 1.29 is 14.3 Å². The van der Waals surface area contributed by atoms with Gasteiger partial charge in [0.2, 0.25) is 0 Å². The van der Waals surface area contributed by atoms with Crippen LogP contribution >= 0.6 is 0 Å². The average molecular weight is 260 g/mol. The Morgan fingerprint density at radius 2 is 2.16 bits per heavy atom. The molecule has 0 saturated carbocycles.